The number of Topliss-reactive ketones (excluding diaryl/α,β-unsaturated/α-hetero) is 1. The van der Waals surface area contributed by atoms with Crippen molar-refractivity contribution in [3.05, 3.63) is 34.3 Å². The van der Waals surface area contributed by atoms with Crippen LogP contribution >= 0.6 is 15.9 Å². The van der Waals surface area contributed by atoms with Gasteiger partial charge in [-0.1, -0.05) is 34.1 Å². The number of amides is 1. The van der Waals surface area contributed by atoms with E-state index < -0.39 is 0 Å². The molecule has 0 unspecified atom stereocenters. The third-order valence-corrected chi connectivity index (χ3v) is 4.09. The van der Waals surface area contributed by atoms with Gasteiger partial charge in [0.25, 0.3) is 5.91 Å². The van der Waals surface area contributed by atoms with E-state index in [1.54, 1.807) is 4.90 Å². The molecule has 4 nitrogen and oxygen atoms in total. The fraction of sp³-hybridized carbons (Fsp3) is 0.429. The van der Waals surface area contributed by atoms with Crippen LogP contribution in [0.15, 0.2) is 28.7 Å². The molecule has 1 fully saturated rings. The molecule has 1 heterocycles. The molecule has 1 amide bonds. The Morgan fingerprint density at radius 2 is 1.79 bits per heavy atom. The molecule has 0 aliphatic carbocycles. The van der Waals surface area contributed by atoms with Crippen LogP contribution in [0.4, 0.5) is 0 Å². The van der Waals surface area contributed by atoms with Crippen LogP contribution in [-0.2, 0) is 16.1 Å². The van der Waals surface area contributed by atoms with Gasteiger partial charge in [-0.3, -0.25) is 14.5 Å². The van der Waals surface area contributed by atoms with Gasteiger partial charge >= 0.3 is 0 Å². The molecular weight excluding hydrogens is 308 g/mol. The number of benzene rings is 1. The lowest BCUT2D eigenvalue weighted by Gasteiger charge is -2.34. The molecule has 1 aromatic rings. The monoisotopic (exact) mass is 324 g/mol. The molecule has 0 saturated carbocycles. The van der Waals surface area contributed by atoms with Gasteiger partial charge in [0.05, 0.1) is 0 Å². The Morgan fingerprint density at radius 1 is 1.16 bits per heavy atom. The summed E-state index contributed by atoms with van der Waals surface area (Å²) in [5, 5.41) is 0. The normalized spacial score (nSPS) is 16.4. The lowest BCUT2D eigenvalue weighted by atomic mass is 10.2. The maximum atomic E-state index is 11.6. The smallest absolute Gasteiger partial charge is 0.289 e. The van der Waals surface area contributed by atoms with Gasteiger partial charge in [-0.25, -0.2) is 0 Å². The summed E-state index contributed by atoms with van der Waals surface area (Å²) in [6, 6.07) is 8.15. The number of rotatable bonds is 3. The summed E-state index contributed by atoms with van der Waals surface area (Å²) in [4.78, 5) is 26.5. The maximum Gasteiger partial charge on any atom is 0.289 e. The Labute approximate surface area is 121 Å². The van der Waals surface area contributed by atoms with E-state index >= 15 is 0 Å². The van der Waals surface area contributed by atoms with Crippen LogP contribution < -0.4 is 0 Å². The number of carbonyl (C=O) groups is 2. The van der Waals surface area contributed by atoms with Crippen molar-refractivity contribution in [3.8, 4) is 0 Å². The SMILES string of the molecule is CC(=O)C(=O)N1CCN(Cc2ccccc2Br)CC1. The van der Waals surface area contributed by atoms with E-state index in [0.717, 1.165) is 24.1 Å². The molecule has 0 bridgehead atoms. The third kappa shape index (κ3) is 3.64. The Balaban J connectivity index is 1.89. The molecule has 1 saturated heterocycles. The summed E-state index contributed by atoms with van der Waals surface area (Å²) < 4.78 is 1.11. The standard InChI is InChI=1S/C14H17BrN2O2/c1-11(18)14(19)17-8-6-16(7-9-17)10-12-4-2-3-5-13(12)15/h2-5H,6-10H2,1H3. The number of halogens is 1. The summed E-state index contributed by atoms with van der Waals surface area (Å²) in [5.74, 6) is -0.736. The third-order valence-electron chi connectivity index (χ3n) is 3.31. The zero-order valence-electron chi connectivity index (χ0n) is 10.9. The predicted molar refractivity (Wildman–Crippen MR) is 76.7 cm³/mol. The Hall–Kier alpha value is -1.20. The Kier molecular flexibility index (Phi) is 4.71. The van der Waals surface area contributed by atoms with Crippen molar-refractivity contribution in [2.45, 2.75) is 13.5 Å². The van der Waals surface area contributed by atoms with Gasteiger partial charge in [0.1, 0.15) is 0 Å². The molecular formula is C14H17BrN2O2. The highest BCUT2D eigenvalue weighted by Gasteiger charge is 2.23. The lowest BCUT2D eigenvalue weighted by Crippen LogP contribution is -2.49. The van der Waals surface area contributed by atoms with Gasteiger partial charge in [-0.2, -0.15) is 0 Å². The van der Waals surface area contributed by atoms with Gasteiger partial charge in [0.2, 0.25) is 5.78 Å². The molecule has 0 aromatic heterocycles. The first-order chi connectivity index (χ1) is 9.08. The number of nitrogens with zero attached hydrogens (tertiary/aromatic N) is 2. The van der Waals surface area contributed by atoms with Gasteiger partial charge in [-0.05, 0) is 11.6 Å². The summed E-state index contributed by atoms with van der Waals surface area (Å²) >= 11 is 3.54. The van der Waals surface area contributed by atoms with Crippen molar-refractivity contribution in [1.82, 2.24) is 9.80 Å². The minimum Gasteiger partial charge on any atom is -0.334 e. The zero-order chi connectivity index (χ0) is 13.8. The van der Waals surface area contributed by atoms with Crippen molar-refractivity contribution < 1.29 is 9.59 Å². The highest BCUT2D eigenvalue weighted by molar-refractivity contribution is 9.10. The number of carbonyl (C=O) groups excluding carboxylic acids is 2. The van der Waals surface area contributed by atoms with Crippen LogP contribution in [0, 0.1) is 0 Å². The van der Waals surface area contributed by atoms with Gasteiger partial charge in [0.15, 0.2) is 0 Å². The molecule has 0 radical (unpaired) electrons. The molecule has 1 aliphatic rings. The minimum atomic E-state index is -0.376. The molecule has 2 rings (SSSR count). The van der Waals surface area contributed by atoms with Crippen LogP contribution in [0.1, 0.15) is 12.5 Å². The van der Waals surface area contributed by atoms with Gasteiger partial charge < -0.3 is 4.90 Å². The summed E-state index contributed by atoms with van der Waals surface area (Å²) in [5.41, 5.74) is 1.24. The first-order valence-electron chi connectivity index (χ1n) is 6.33. The second-order valence-electron chi connectivity index (χ2n) is 4.72. The van der Waals surface area contributed by atoms with Crippen molar-refractivity contribution in [1.29, 1.82) is 0 Å². The first-order valence-corrected chi connectivity index (χ1v) is 7.13. The maximum absolute atomic E-state index is 11.6. The fourth-order valence-electron chi connectivity index (χ4n) is 2.20. The van der Waals surface area contributed by atoms with Crippen LogP contribution in [0.5, 0.6) is 0 Å². The van der Waals surface area contributed by atoms with E-state index in [1.165, 1.54) is 12.5 Å². The first kappa shape index (κ1) is 14.2. The second kappa shape index (κ2) is 6.30. The molecule has 1 aliphatic heterocycles. The largest absolute Gasteiger partial charge is 0.334 e. The van der Waals surface area contributed by atoms with Crippen molar-refractivity contribution in [2.75, 3.05) is 26.2 Å². The zero-order valence-corrected chi connectivity index (χ0v) is 12.5. The molecule has 102 valence electrons. The molecule has 0 N–H and O–H groups in total. The molecule has 19 heavy (non-hydrogen) atoms. The van der Waals surface area contributed by atoms with E-state index in [1.807, 2.05) is 18.2 Å². The summed E-state index contributed by atoms with van der Waals surface area (Å²) in [6.45, 7) is 5.06. The van der Waals surface area contributed by atoms with E-state index in [2.05, 4.69) is 26.9 Å². The van der Waals surface area contributed by atoms with E-state index in [9.17, 15) is 9.59 Å². The van der Waals surface area contributed by atoms with Crippen molar-refractivity contribution in [2.24, 2.45) is 0 Å². The number of ketones is 1. The van der Waals surface area contributed by atoms with Gasteiger partial charge in [-0.15, -0.1) is 0 Å². The predicted octanol–water partition coefficient (Wildman–Crippen LogP) is 1.68. The average Bonchev–Trinajstić information content (AvgIpc) is 2.41. The van der Waals surface area contributed by atoms with Crippen LogP contribution in [0.25, 0.3) is 0 Å². The lowest BCUT2D eigenvalue weighted by molar-refractivity contribution is -0.144. The van der Waals surface area contributed by atoms with Crippen molar-refractivity contribution >= 4 is 27.6 Å². The highest BCUT2D eigenvalue weighted by Crippen LogP contribution is 2.18. The van der Waals surface area contributed by atoms with Crippen LogP contribution in [0.2, 0.25) is 0 Å². The van der Waals surface area contributed by atoms with Crippen LogP contribution in [-0.4, -0.2) is 47.7 Å². The van der Waals surface area contributed by atoms with E-state index in [-0.39, 0.29) is 11.7 Å². The van der Waals surface area contributed by atoms with E-state index in [0.29, 0.717) is 13.1 Å². The fourth-order valence-corrected chi connectivity index (χ4v) is 2.61. The average molecular weight is 325 g/mol. The van der Waals surface area contributed by atoms with Gasteiger partial charge in [0, 0.05) is 44.1 Å². The molecule has 0 spiro atoms. The second-order valence-corrected chi connectivity index (χ2v) is 5.57. The van der Waals surface area contributed by atoms with E-state index in [4.69, 9.17) is 0 Å². The minimum absolute atomic E-state index is 0.361. The topological polar surface area (TPSA) is 40.6 Å². The summed E-state index contributed by atoms with van der Waals surface area (Å²) in [7, 11) is 0. The van der Waals surface area contributed by atoms with Crippen LogP contribution in [0.3, 0.4) is 0 Å². The number of hydrogen-bond acceptors (Lipinski definition) is 3. The van der Waals surface area contributed by atoms with Crippen molar-refractivity contribution in [3.63, 3.8) is 0 Å². The number of piperazine rings is 1. The summed E-state index contributed by atoms with van der Waals surface area (Å²) in [6.07, 6.45) is 0. The number of hydrogen-bond donors (Lipinski definition) is 0. The molecule has 0 atom stereocenters. The quantitative estimate of drug-likeness (QED) is 0.794. The highest BCUT2D eigenvalue weighted by atomic mass is 79.9. The molecule has 5 heteroatoms. The molecule has 1 aromatic carbocycles. The Bertz CT molecular complexity index is 482. The Morgan fingerprint density at radius 3 is 2.37 bits per heavy atom.